The van der Waals surface area contributed by atoms with Crippen molar-refractivity contribution in [2.45, 2.75) is 43.9 Å². The van der Waals surface area contributed by atoms with Gasteiger partial charge in [0.25, 0.3) is 0 Å². The standard InChI is InChI=1S/C35H30O14/c36-21-13-20(45-15-17-7-3-1-4-8-17)14-24-25(21)26(39)32(48-35-29(42)27(40)28(41)33(49-35)34(43)44)30(47-24)19-11-22(37)31(23(38)12-19)46-16-18-9-5-2-6-10-18/h1-14,27-29,33,35-38,40-42H,15-16H2,(H,43,44)/t27-,28-,29+,33-,35+/m0/s1. The molecule has 0 unspecified atom stereocenters. The molecule has 0 saturated carbocycles. The van der Waals surface area contributed by atoms with Crippen LogP contribution in [0.4, 0.5) is 0 Å². The molecule has 49 heavy (non-hydrogen) atoms. The van der Waals surface area contributed by atoms with Crippen LogP contribution in [0.25, 0.3) is 22.3 Å². The molecule has 4 aromatic carbocycles. The van der Waals surface area contributed by atoms with Crippen molar-refractivity contribution in [1.29, 1.82) is 0 Å². The molecule has 7 N–H and O–H groups in total. The Morgan fingerprint density at radius 2 is 1.31 bits per heavy atom. The van der Waals surface area contributed by atoms with E-state index in [0.717, 1.165) is 29.3 Å². The molecule has 5 atom stereocenters. The van der Waals surface area contributed by atoms with Crippen LogP contribution in [0, 0.1) is 0 Å². The van der Waals surface area contributed by atoms with Gasteiger partial charge in [0.1, 0.15) is 54.0 Å². The van der Waals surface area contributed by atoms with E-state index in [1.165, 1.54) is 6.07 Å². The molecule has 0 bridgehead atoms. The Labute approximate surface area is 276 Å². The summed E-state index contributed by atoms with van der Waals surface area (Å²) in [6.07, 6.45) is -10.3. The summed E-state index contributed by atoms with van der Waals surface area (Å²) in [4.78, 5) is 25.7. The van der Waals surface area contributed by atoms with Crippen LogP contribution in [-0.4, -0.2) is 72.4 Å². The topological polar surface area (TPSA) is 226 Å². The second-order valence-electron chi connectivity index (χ2n) is 11.2. The van der Waals surface area contributed by atoms with E-state index in [1.54, 1.807) is 24.3 Å². The number of hydrogen-bond acceptors (Lipinski definition) is 13. The molecule has 5 aromatic rings. The van der Waals surface area contributed by atoms with Gasteiger partial charge in [-0.25, -0.2) is 4.79 Å². The van der Waals surface area contributed by atoms with Crippen molar-refractivity contribution in [3.05, 3.63) is 106 Å². The lowest BCUT2D eigenvalue weighted by Gasteiger charge is -2.38. The summed E-state index contributed by atoms with van der Waals surface area (Å²) in [6.45, 7) is 0.0909. The van der Waals surface area contributed by atoms with E-state index in [4.69, 9.17) is 23.4 Å². The summed E-state index contributed by atoms with van der Waals surface area (Å²) in [5, 5.41) is 72.8. The molecule has 1 fully saturated rings. The van der Waals surface area contributed by atoms with E-state index < -0.39 is 76.2 Å². The number of carbonyl (C=O) groups is 1. The summed E-state index contributed by atoms with van der Waals surface area (Å²) < 4.78 is 28.3. The Balaban J connectivity index is 1.44. The van der Waals surface area contributed by atoms with Gasteiger partial charge in [0, 0.05) is 17.7 Å². The average Bonchev–Trinajstić information content (AvgIpc) is 3.08. The number of hydrogen-bond donors (Lipinski definition) is 7. The number of carboxylic acids is 1. The molecule has 1 aliphatic heterocycles. The van der Waals surface area contributed by atoms with Gasteiger partial charge in [0.15, 0.2) is 23.4 Å². The monoisotopic (exact) mass is 674 g/mol. The van der Waals surface area contributed by atoms with Crippen molar-refractivity contribution in [2.24, 2.45) is 0 Å². The van der Waals surface area contributed by atoms with Crippen molar-refractivity contribution >= 4 is 16.9 Å². The predicted molar refractivity (Wildman–Crippen MR) is 169 cm³/mol. The van der Waals surface area contributed by atoms with Crippen molar-refractivity contribution in [3.63, 3.8) is 0 Å². The minimum absolute atomic E-state index is 0.0123. The fourth-order valence-electron chi connectivity index (χ4n) is 5.25. The largest absolute Gasteiger partial charge is 0.507 e. The molecule has 0 aliphatic carbocycles. The Hall–Kier alpha value is -5.80. The summed E-state index contributed by atoms with van der Waals surface area (Å²) >= 11 is 0. The van der Waals surface area contributed by atoms with Gasteiger partial charge in [-0.3, -0.25) is 4.79 Å². The molecule has 1 aliphatic rings. The molecule has 254 valence electrons. The number of aromatic hydroxyl groups is 3. The van der Waals surface area contributed by atoms with Gasteiger partial charge in [-0.1, -0.05) is 60.7 Å². The number of aliphatic carboxylic acids is 1. The van der Waals surface area contributed by atoms with Crippen molar-refractivity contribution in [3.8, 4) is 45.8 Å². The molecule has 1 aromatic heterocycles. The van der Waals surface area contributed by atoms with Crippen molar-refractivity contribution < 1.29 is 63.9 Å². The molecule has 14 nitrogen and oxygen atoms in total. The molecular formula is C35H30O14. The molecule has 0 spiro atoms. The maximum atomic E-state index is 14.0. The SMILES string of the molecule is O=C(O)[C@H]1O[C@@H](Oc2c(-c3cc(O)c(OCc4ccccc4)c(O)c3)oc3cc(OCc4ccccc4)cc(O)c3c2=O)[C@H](O)[C@@H](O)[C@@H]1O. The van der Waals surface area contributed by atoms with Gasteiger partial charge >= 0.3 is 5.97 Å². The molecule has 0 radical (unpaired) electrons. The van der Waals surface area contributed by atoms with Gasteiger partial charge in [0.2, 0.25) is 23.2 Å². The smallest absolute Gasteiger partial charge is 0.335 e. The maximum Gasteiger partial charge on any atom is 0.335 e. The van der Waals surface area contributed by atoms with Crippen LogP contribution in [0.2, 0.25) is 0 Å². The summed E-state index contributed by atoms with van der Waals surface area (Å²) in [7, 11) is 0. The van der Waals surface area contributed by atoms with Gasteiger partial charge in [-0.15, -0.1) is 0 Å². The number of ether oxygens (including phenoxy) is 4. The van der Waals surface area contributed by atoms with E-state index >= 15 is 0 Å². The normalized spacial score (nSPS) is 20.5. The number of aliphatic hydroxyl groups is 3. The number of aliphatic hydroxyl groups excluding tert-OH is 3. The first-order valence-electron chi connectivity index (χ1n) is 14.8. The van der Waals surface area contributed by atoms with E-state index in [0.29, 0.717) is 0 Å². The minimum atomic E-state index is -2.07. The molecule has 0 amide bonds. The molecule has 6 rings (SSSR count). The summed E-state index contributed by atoms with van der Waals surface area (Å²) in [6, 6.07) is 22.7. The lowest BCUT2D eigenvalue weighted by Crippen LogP contribution is -2.61. The Kier molecular flexibility index (Phi) is 9.29. The van der Waals surface area contributed by atoms with Gasteiger partial charge in [0.05, 0.1) is 0 Å². The van der Waals surface area contributed by atoms with Gasteiger partial charge in [-0.2, -0.15) is 0 Å². The highest BCUT2D eigenvalue weighted by molar-refractivity contribution is 5.88. The van der Waals surface area contributed by atoms with Gasteiger partial charge < -0.3 is 59.1 Å². The number of fused-ring (bicyclic) bond motifs is 1. The van der Waals surface area contributed by atoms with Crippen LogP contribution in [0.5, 0.6) is 34.5 Å². The second-order valence-corrected chi connectivity index (χ2v) is 11.2. The number of benzene rings is 4. The zero-order valence-corrected chi connectivity index (χ0v) is 25.4. The molecule has 14 heteroatoms. The van der Waals surface area contributed by atoms with Crippen LogP contribution in [-0.2, 0) is 22.7 Å². The minimum Gasteiger partial charge on any atom is -0.507 e. The third-order valence-corrected chi connectivity index (χ3v) is 7.74. The second kappa shape index (κ2) is 13.7. The Morgan fingerprint density at radius 1 is 0.714 bits per heavy atom. The third-order valence-electron chi connectivity index (χ3n) is 7.74. The highest BCUT2D eigenvalue weighted by Gasteiger charge is 2.48. The average molecular weight is 675 g/mol. The first-order valence-corrected chi connectivity index (χ1v) is 14.8. The number of rotatable bonds is 10. The maximum absolute atomic E-state index is 14.0. The third kappa shape index (κ3) is 6.79. The van der Waals surface area contributed by atoms with E-state index in [-0.39, 0.29) is 35.9 Å². The van der Waals surface area contributed by atoms with Crippen LogP contribution >= 0.6 is 0 Å². The fourth-order valence-corrected chi connectivity index (χ4v) is 5.25. The van der Waals surface area contributed by atoms with E-state index in [2.05, 4.69) is 0 Å². The molecular weight excluding hydrogens is 644 g/mol. The van der Waals surface area contributed by atoms with Crippen molar-refractivity contribution in [2.75, 3.05) is 0 Å². The quantitative estimate of drug-likeness (QED) is 0.113. The molecule has 2 heterocycles. The highest BCUT2D eigenvalue weighted by atomic mass is 16.7. The van der Waals surface area contributed by atoms with E-state index in [1.807, 2.05) is 36.4 Å². The number of carboxylic acid groups (broad SMARTS) is 1. The highest BCUT2D eigenvalue weighted by Crippen LogP contribution is 2.44. The van der Waals surface area contributed by atoms with Crippen LogP contribution in [0.15, 0.2) is 94.1 Å². The fraction of sp³-hybridized carbons (Fsp3) is 0.200. The number of phenolic OH excluding ortho intramolecular Hbond substituents is 3. The zero-order chi connectivity index (χ0) is 34.8. The van der Waals surface area contributed by atoms with Crippen LogP contribution < -0.4 is 19.6 Å². The van der Waals surface area contributed by atoms with Crippen LogP contribution in [0.3, 0.4) is 0 Å². The first-order chi connectivity index (χ1) is 23.5. The summed E-state index contributed by atoms with van der Waals surface area (Å²) in [5.74, 6) is -4.85. The van der Waals surface area contributed by atoms with Crippen LogP contribution in [0.1, 0.15) is 11.1 Å². The first kappa shape index (κ1) is 33.1. The lowest BCUT2D eigenvalue weighted by atomic mass is 9.99. The van der Waals surface area contributed by atoms with Crippen molar-refractivity contribution in [1.82, 2.24) is 0 Å². The predicted octanol–water partition coefficient (Wildman–Crippen LogP) is 3.01. The van der Waals surface area contributed by atoms with E-state index in [9.17, 15) is 45.3 Å². The summed E-state index contributed by atoms with van der Waals surface area (Å²) in [5.41, 5.74) is 0.126. The number of phenols is 3. The Bertz CT molecular complexity index is 2010. The zero-order valence-electron chi connectivity index (χ0n) is 25.4. The molecule has 1 saturated heterocycles. The van der Waals surface area contributed by atoms with Gasteiger partial charge in [-0.05, 0) is 23.3 Å². The Morgan fingerprint density at radius 3 is 1.90 bits per heavy atom. The lowest BCUT2D eigenvalue weighted by molar-refractivity contribution is -0.271.